The lowest BCUT2D eigenvalue weighted by Gasteiger charge is -2.15. The van der Waals surface area contributed by atoms with Crippen LogP contribution in [0.15, 0.2) is 60.8 Å². The average molecular weight is 277 g/mol. The molecule has 0 saturated carbocycles. The van der Waals surface area contributed by atoms with Crippen molar-refractivity contribution in [3.8, 4) is 11.1 Å². The Balaban J connectivity index is 2.21. The van der Waals surface area contributed by atoms with Crippen LogP contribution >= 0.6 is 0 Å². The van der Waals surface area contributed by atoms with Gasteiger partial charge in [0.15, 0.2) is 0 Å². The van der Waals surface area contributed by atoms with E-state index in [9.17, 15) is 4.79 Å². The number of hydrogen-bond acceptors (Lipinski definition) is 1. The lowest BCUT2D eigenvalue weighted by Crippen LogP contribution is -2.07. The van der Waals surface area contributed by atoms with E-state index < -0.39 is 0 Å². The highest BCUT2D eigenvalue weighted by Crippen LogP contribution is 2.33. The summed E-state index contributed by atoms with van der Waals surface area (Å²) < 4.78 is 2.26. The van der Waals surface area contributed by atoms with Gasteiger partial charge in [0.2, 0.25) is 0 Å². The minimum Gasteiger partial charge on any atom is -0.343 e. The predicted octanol–water partition coefficient (Wildman–Crippen LogP) is 4.85. The van der Waals surface area contributed by atoms with Crippen molar-refractivity contribution in [3.63, 3.8) is 0 Å². The zero-order valence-electron chi connectivity index (χ0n) is 12.2. The van der Waals surface area contributed by atoms with Gasteiger partial charge in [0, 0.05) is 35.1 Å². The number of fused-ring (bicyclic) bond motifs is 1. The summed E-state index contributed by atoms with van der Waals surface area (Å²) in [6.45, 7) is 2.13. The molecule has 1 atom stereocenters. The molecule has 0 saturated heterocycles. The minimum atomic E-state index is 0.227. The molecule has 0 bridgehead atoms. The Bertz CT molecular complexity index is 743. The van der Waals surface area contributed by atoms with Gasteiger partial charge in [-0.3, -0.25) is 0 Å². The summed E-state index contributed by atoms with van der Waals surface area (Å²) in [5.41, 5.74) is 3.65. The van der Waals surface area contributed by atoms with Crippen LogP contribution in [0.25, 0.3) is 22.0 Å². The molecule has 0 aliphatic rings. The van der Waals surface area contributed by atoms with Crippen LogP contribution in [-0.4, -0.2) is 10.9 Å². The second-order valence-corrected chi connectivity index (χ2v) is 5.30. The molecule has 3 aromatic rings. The number of para-hydroxylation sites is 1. The van der Waals surface area contributed by atoms with Gasteiger partial charge in [-0.05, 0) is 18.1 Å². The second kappa shape index (κ2) is 5.96. The third-order valence-corrected chi connectivity index (χ3v) is 4.06. The standard InChI is InChI=1S/C19H19NO/c1-2-16(12-13-21)20-14-18(15-8-4-3-5-9-15)17-10-6-7-11-19(17)20/h3-11,13-14,16H,2,12H2,1H3/t16-/m1/s1. The van der Waals surface area contributed by atoms with E-state index >= 15 is 0 Å². The summed E-state index contributed by atoms with van der Waals surface area (Å²) >= 11 is 0. The van der Waals surface area contributed by atoms with Gasteiger partial charge in [-0.2, -0.15) is 0 Å². The summed E-state index contributed by atoms with van der Waals surface area (Å²) in [7, 11) is 0. The highest BCUT2D eigenvalue weighted by molar-refractivity contribution is 5.96. The van der Waals surface area contributed by atoms with Gasteiger partial charge < -0.3 is 9.36 Å². The number of benzene rings is 2. The van der Waals surface area contributed by atoms with Crippen LogP contribution in [0.4, 0.5) is 0 Å². The molecule has 0 N–H and O–H groups in total. The first-order valence-corrected chi connectivity index (χ1v) is 7.43. The Morgan fingerprint density at radius 2 is 1.76 bits per heavy atom. The number of aldehydes is 1. The highest BCUT2D eigenvalue weighted by Gasteiger charge is 2.15. The Morgan fingerprint density at radius 3 is 2.48 bits per heavy atom. The van der Waals surface area contributed by atoms with Crippen molar-refractivity contribution in [2.24, 2.45) is 0 Å². The average Bonchev–Trinajstić information content (AvgIpc) is 2.93. The first-order chi connectivity index (χ1) is 10.3. The molecular weight excluding hydrogens is 258 g/mol. The number of carbonyl (C=O) groups excluding carboxylic acids is 1. The van der Waals surface area contributed by atoms with Gasteiger partial charge in [-0.1, -0.05) is 55.5 Å². The van der Waals surface area contributed by atoms with E-state index in [0.29, 0.717) is 6.42 Å². The largest absolute Gasteiger partial charge is 0.343 e. The van der Waals surface area contributed by atoms with Crippen LogP contribution in [0.1, 0.15) is 25.8 Å². The van der Waals surface area contributed by atoms with E-state index in [1.165, 1.54) is 22.0 Å². The first-order valence-electron chi connectivity index (χ1n) is 7.43. The minimum absolute atomic E-state index is 0.227. The molecular formula is C19H19NO. The highest BCUT2D eigenvalue weighted by atomic mass is 16.1. The smallest absolute Gasteiger partial charge is 0.122 e. The molecule has 3 rings (SSSR count). The molecule has 0 aliphatic carbocycles. The molecule has 0 amide bonds. The van der Waals surface area contributed by atoms with Gasteiger partial charge in [0.25, 0.3) is 0 Å². The van der Waals surface area contributed by atoms with Crippen LogP contribution in [0.3, 0.4) is 0 Å². The molecule has 0 fully saturated rings. The van der Waals surface area contributed by atoms with Crippen molar-refractivity contribution in [3.05, 3.63) is 60.8 Å². The van der Waals surface area contributed by atoms with Crippen LogP contribution in [0.2, 0.25) is 0 Å². The van der Waals surface area contributed by atoms with Gasteiger partial charge in [0.1, 0.15) is 6.29 Å². The summed E-state index contributed by atoms with van der Waals surface area (Å²) in [5.74, 6) is 0. The van der Waals surface area contributed by atoms with E-state index in [1.54, 1.807) is 0 Å². The Kier molecular flexibility index (Phi) is 3.87. The van der Waals surface area contributed by atoms with E-state index in [4.69, 9.17) is 0 Å². The molecule has 106 valence electrons. The maximum absolute atomic E-state index is 10.9. The van der Waals surface area contributed by atoms with Gasteiger partial charge in [0.05, 0.1) is 0 Å². The van der Waals surface area contributed by atoms with Gasteiger partial charge in [-0.15, -0.1) is 0 Å². The predicted molar refractivity (Wildman–Crippen MR) is 87.4 cm³/mol. The normalized spacial score (nSPS) is 12.4. The van der Waals surface area contributed by atoms with Crippen molar-refractivity contribution >= 4 is 17.2 Å². The van der Waals surface area contributed by atoms with Crippen LogP contribution in [-0.2, 0) is 4.79 Å². The molecule has 0 aliphatic heterocycles. The van der Waals surface area contributed by atoms with Gasteiger partial charge >= 0.3 is 0 Å². The van der Waals surface area contributed by atoms with Crippen molar-refractivity contribution in [1.82, 2.24) is 4.57 Å². The van der Waals surface area contributed by atoms with Crippen molar-refractivity contribution in [2.75, 3.05) is 0 Å². The molecule has 1 aromatic heterocycles. The van der Waals surface area contributed by atoms with Crippen molar-refractivity contribution in [2.45, 2.75) is 25.8 Å². The van der Waals surface area contributed by atoms with E-state index in [0.717, 1.165) is 12.7 Å². The Hall–Kier alpha value is -2.35. The lowest BCUT2D eigenvalue weighted by molar-refractivity contribution is -0.108. The number of nitrogens with zero attached hydrogens (tertiary/aromatic N) is 1. The quantitative estimate of drug-likeness (QED) is 0.611. The maximum atomic E-state index is 10.9. The summed E-state index contributed by atoms with van der Waals surface area (Å²) in [5, 5.41) is 1.24. The van der Waals surface area contributed by atoms with E-state index in [-0.39, 0.29) is 6.04 Å². The Labute approximate surface area is 125 Å². The Morgan fingerprint density at radius 1 is 1.05 bits per heavy atom. The first kappa shape index (κ1) is 13.6. The number of hydrogen-bond donors (Lipinski definition) is 0. The molecule has 1 heterocycles. The monoisotopic (exact) mass is 277 g/mol. The SMILES string of the molecule is CC[C@H](CC=O)n1cc(-c2ccccc2)c2ccccc21. The third kappa shape index (κ3) is 2.49. The van der Waals surface area contributed by atoms with Crippen LogP contribution in [0, 0.1) is 0 Å². The zero-order chi connectivity index (χ0) is 14.7. The summed E-state index contributed by atoms with van der Waals surface area (Å²) in [6, 6.07) is 19.1. The maximum Gasteiger partial charge on any atom is 0.122 e. The fourth-order valence-electron chi connectivity index (χ4n) is 2.94. The van der Waals surface area contributed by atoms with Crippen molar-refractivity contribution < 1.29 is 4.79 Å². The number of carbonyl (C=O) groups is 1. The molecule has 0 unspecified atom stereocenters. The number of aromatic nitrogens is 1. The van der Waals surface area contributed by atoms with Gasteiger partial charge in [-0.25, -0.2) is 0 Å². The fraction of sp³-hybridized carbons (Fsp3) is 0.211. The molecule has 0 radical (unpaired) electrons. The van der Waals surface area contributed by atoms with Crippen molar-refractivity contribution in [1.29, 1.82) is 0 Å². The number of rotatable bonds is 5. The molecule has 2 nitrogen and oxygen atoms in total. The third-order valence-electron chi connectivity index (χ3n) is 4.06. The molecule has 21 heavy (non-hydrogen) atoms. The molecule has 2 heteroatoms. The zero-order valence-corrected chi connectivity index (χ0v) is 12.2. The van der Waals surface area contributed by atoms with Crippen LogP contribution in [0.5, 0.6) is 0 Å². The van der Waals surface area contributed by atoms with Crippen LogP contribution < -0.4 is 0 Å². The summed E-state index contributed by atoms with van der Waals surface area (Å²) in [4.78, 5) is 10.9. The molecule has 2 aromatic carbocycles. The fourth-order valence-corrected chi connectivity index (χ4v) is 2.94. The lowest BCUT2D eigenvalue weighted by atomic mass is 10.1. The summed E-state index contributed by atoms with van der Waals surface area (Å²) in [6.07, 6.45) is 4.72. The van der Waals surface area contributed by atoms with E-state index in [1.807, 2.05) is 6.07 Å². The van der Waals surface area contributed by atoms with E-state index in [2.05, 4.69) is 66.2 Å². The molecule has 0 spiro atoms. The second-order valence-electron chi connectivity index (χ2n) is 5.30. The topological polar surface area (TPSA) is 22.0 Å².